The van der Waals surface area contributed by atoms with Gasteiger partial charge in [-0.05, 0) is 48.1 Å². The van der Waals surface area contributed by atoms with Crippen molar-refractivity contribution >= 4 is 17.0 Å². The van der Waals surface area contributed by atoms with Crippen molar-refractivity contribution in [3.63, 3.8) is 0 Å². The lowest BCUT2D eigenvalue weighted by Gasteiger charge is -2.13. The quantitative estimate of drug-likeness (QED) is 0.697. The van der Waals surface area contributed by atoms with E-state index < -0.39 is 0 Å². The fourth-order valence-electron chi connectivity index (χ4n) is 3.78. The number of likely N-dealkylation sites (tertiary alicyclic amines) is 1. The van der Waals surface area contributed by atoms with E-state index in [0.717, 1.165) is 30.4 Å². The Labute approximate surface area is 163 Å². The predicted octanol–water partition coefficient (Wildman–Crippen LogP) is 4.03. The maximum atomic E-state index is 12.5. The maximum absolute atomic E-state index is 12.5. The van der Waals surface area contributed by atoms with Crippen LogP contribution in [-0.4, -0.2) is 29.4 Å². The Morgan fingerprint density at radius 1 is 1.36 bits per heavy atom. The molecule has 2 aromatic carbocycles. The number of fused-ring (bicyclic) bond motifs is 1. The number of hydrogen-bond acceptors (Lipinski definition) is 5. The van der Waals surface area contributed by atoms with Gasteiger partial charge in [0.1, 0.15) is 11.6 Å². The van der Waals surface area contributed by atoms with Gasteiger partial charge in [0.2, 0.25) is 5.89 Å². The van der Waals surface area contributed by atoms with Gasteiger partial charge in [0.25, 0.3) is 5.91 Å². The lowest BCUT2D eigenvalue weighted by atomic mass is 9.99. The average molecular weight is 374 g/mol. The number of carbonyl (C=O) groups excluding carboxylic acids is 1. The van der Waals surface area contributed by atoms with Crippen LogP contribution in [0.25, 0.3) is 22.2 Å². The maximum Gasteiger partial charge on any atom is 0.253 e. The van der Waals surface area contributed by atoms with Gasteiger partial charge in [0.05, 0.1) is 5.56 Å². The van der Waals surface area contributed by atoms with Crippen LogP contribution in [0.3, 0.4) is 0 Å². The zero-order valence-corrected chi connectivity index (χ0v) is 16.0. The Bertz CT molecular complexity index is 1080. The van der Waals surface area contributed by atoms with Crippen LogP contribution in [0, 0.1) is 11.5 Å². The van der Waals surface area contributed by atoms with Crippen LogP contribution in [-0.2, 0) is 6.42 Å². The number of aromatic nitrogens is 1. The number of nitrogens with zero attached hydrogens (tertiary/aromatic N) is 3. The molecule has 1 aliphatic rings. The first kappa shape index (κ1) is 18.1. The van der Waals surface area contributed by atoms with Crippen molar-refractivity contribution in [3.05, 3.63) is 53.4 Å². The minimum atomic E-state index is -0.207. The molecular formula is C22H22N4O2. The van der Waals surface area contributed by atoms with E-state index in [1.54, 1.807) is 11.9 Å². The molecule has 0 spiro atoms. The van der Waals surface area contributed by atoms with E-state index in [1.165, 1.54) is 5.56 Å². The molecule has 0 bridgehead atoms. The van der Waals surface area contributed by atoms with Crippen LogP contribution in [0.2, 0.25) is 0 Å². The first-order chi connectivity index (χ1) is 13.6. The molecule has 0 radical (unpaired) electrons. The molecule has 0 saturated carbocycles. The summed E-state index contributed by atoms with van der Waals surface area (Å²) in [5.41, 5.74) is 4.75. The molecule has 1 N–H and O–H groups in total. The van der Waals surface area contributed by atoms with Crippen LogP contribution in [0.15, 0.2) is 40.8 Å². The number of carbonyl (C=O) groups is 1. The normalized spacial score (nSPS) is 16.3. The number of nitrogens with one attached hydrogen (secondary N) is 1. The summed E-state index contributed by atoms with van der Waals surface area (Å²) >= 11 is 0. The number of aryl methyl sites for hydroxylation is 1. The van der Waals surface area contributed by atoms with Crippen molar-refractivity contribution < 1.29 is 9.21 Å². The third-order valence-corrected chi connectivity index (χ3v) is 5.32. The molecule has 0 unspecified atom stereocenters. The zero-order valence-electron chi connectivity index (χ0n) is 16.0. The number of hydrogen-bond donors (Lipinski definition) is 1. The van der Waals surface area contributed by atoms with Crippen molar-refractivity contribution in [1.29, 1.82) is 5.26 Å². The Morgan fingerprint density at radius 3 is 2.96 bits per heavy atom. The smallest absolute Gasteiger partial charge is 0.253 e. The van der Waals surface area contributed by atoms with Crippen LogP contribution >= 0.6 is 0 Å². The summed E-state index contributed by atoms with van der Waals surface area (Å²) in [5.74, 6) is 0.292. The van der Waals surface area contributed by atoms with Crippen LogP contribution in [0.5, 0.6) is 0 Å². The second-order valence-electron chi connectivity index (χ2n) is 7.01. The van der Waals surface area contributed by atoms with Gasteiger partial charge in [-0.2, -0.15) is 5.26 Å². The lowest BCUT2D eigenvalue weighted by Crippen LogP contribution is -2.18. The number of oxazole rings is 1. The first-order valence-corrected chi connectivity index (χ1v) is 9.56. The third-order valence-electron chi connectivity index (χ3n) is 5.32. The molecule has 3 aromatic rings. The van der Waals surface area contributed by atoms with Crippen molar-refractivity contribution in [1.82, 2.24) is 15.2 Å². The molecule has 142 valence electrons. The largest absolute Gasteiger partial charge is 0.438 e. The highest BCUT2D eigenvalue weighted by molar-refractivity contribution is 6.06. The molecule has 1 amide bonds. The molecule has 1 aliphatic heterocycles. The number of rotatable bonds is 4. The van der Waals surface area contributed by atoms with Crippen LogP contribution in [0.4, 0.5) is 0 Å². The van der Waals surface area contributed by atoms with E-state index in [-0.39, 0.29) is 11.9 Å². The topological polar surface area (TPSA) is 82.2 Å². The Kier molecular flexibility index (Phi) is 4.74. The van der Waals surface area contributed by atoms with Gasteiger partial charge in [-0.1, -0.05) is 31.2 Å². The fraction of sp³-hybridized carbons (Fsp3) is 0.318. The Balaban J connectivity index is 1.87. The summed E-state index contributed by atoms with van der Waals surface area (Å²) in [7, 11) is 1.61. The van der Waals surface area contributed by atoms with E-state index >= 15 is 0 Å². The van der Waals surface area contributed by atoms with E-state index in [1.807, 2.05) is 24.3 Å². The first-order valence-electron chi connectivity index (χ1n) is 9.56. The second-order valence-corrected chi connectivity index (χ2v) is 7.01. The molecule has 0 aliphatic carbocycles. The molecule has 1 aromatic heterocycles. The minimum absolute atomic E-state index is 0.165. The predicted molar refractivity (Wildman–Crippen MR) is 107 cm³/mol. The van der Waals surface area contributed by atoms with E-state index in [4.69, 9.17) is 4.42 Å². The molecule has 6 heteroatoms. The highest BCUT2D eigenvalue weighted by atomic mass is 16.3. The van der Waals surface area contributed by atoms with E-state index in [0.29, 0.717) is 29.1 Å². The highest BCUT2D eigenvalue weighted by Crippen LogP contribution is 2.35. The van der Waals surface area contributed by atoms with Gasteiger partial charge < -0.3 is 9.73 Å². The van der Waals surface area contributed by atoms with E-state index in [2.05, 4.69) is 35.6 Å². The lowest BCUT2D eigenvalue weighted by molar-refractivity contribution is 0.0964. The van der Waals surface area contributed by atoms with Crippen LogP contribution in [0.1, 0.15) is 47.6 Å². The van der Waals surface area contributed by atoms with Gasteiger partial charge in [0.15, 0.2) is 11.8 Å². The van der Waals surface area contributed by atoms with Gasteiger partial charge >= 0.3 is 0 Å². The van der Waals surface area contributed by atoms with Gasteiger partial charge in [0, 0.05) is 13.6 Å². The number of benzene rings is 2. The standard InChI is InChI=1S/C22H22N4O2/c1-3-14-6-4-7-15(10-14)16-11-17(21(27)24-2)20-19(12-16)28-22(25-20)18-8-5-9-26(18)13-23/h4,6-7,10-12,18H,3,5,8-9H2,1-2H3,(H,24,27)/t18-/m0/s1. The fourth-order valence-corrected chi connectivity index (χ4v) is 3.78. The van der Waals surface area contributed by atoms with Gasteiger partial charge in [-0.3, -0.25) is 9.69 Å². The molecular weight excluding hydrogens is 352 g/mol. The third kappa shape index (κ3) is 3.09. The SMILES string of the molecule is CCc1cccc(-c2cc(C(=O)NC)c3nc([C@@H]4CCCN4C#N)oc3c2)c1. The molecule has 2 heterocycles. The Hall–Kier alpha value is -3.33. The van der Waals surface area contributed by atoms with Crippen LogP contribution < -0.4 is 5.32 Å². The van der Waals surface area contributed by atoms with Gasteiger partial charge in [-0.15, -0.1) is 0 Å². The average Bonchev–Trinajstić information content (AvgIpc) is 3.38. The number of amides is 1. The van der Waals surface area contributed by atoms with Crippen molar-refractivity contribution in [2.75, 3.05) is 13.6 Å². The van der Waals surface area contributed by atoms with Crippen molar-refractivity contribution in [2.24, 2.45) is 0 Å². The van der Waals surface area contributed by atoms with E-state index in [9.17, 15) is 10.1 Å². The summed E-state index contributed by atoms with van der Waals surface area (Å²) in [6.45, 7) is 2.82. The molecule has 4 rings (SSSR count). The number of nitriles is 1. The van der Waals surface area contributed by atoms with Crippen molar-refractivity contribution in [2.45, 2.75) is 32.2 Å². The van der Waals surface area contributed by atoms with Crippen molar-refractivity contribution in [3.8, 4) is 17.3 Å². The molecule has 28 heavy (non-hydrogen) atoms. The summed E-state index contributed by atoms with van der Waals surface area (Å²) in [4.78, 5) is 18.8. The highest BCUT2D eigenvalue weighted by Gasteiger charge is 2.30. The summed E-state index contributed by atoms with van der Waals surface area (Å²) < 4.78 is 6.05. The van der Waals surface area contributed by atoms with Gasteiger partial charge in [-0.25, -0.2) is 4.98 Å². The second kappa shape index (κ2) is 7.35. The Morgan fingerprint density at radius 2 is 2.21 bits per heavy atom. The monoisotopic (exact) mass is 374 g/mol. The summed E-state index contributed by atoms with van der Waals surface area (Å²) in [6.07, 6.45) is 4.90. The molecule has 1 saturated heterocycles. The zero-order chi connectivity index (χ0) is 19.7. The molecule has 1 fully saturated rings. The summed E-state index contributed by atoms with van der Waals surface area (Å²) in [6, 6.07) is 11.9. The minimum Gasteiger partial charge on any atom is -0.438 e. The molecule has 6 nitrogen and oxygen atoms in total. The molecule has 1 atom stereocenters. The summed E-state index contributed by atoms with van der Waals surface area (Å²) in [5, 5.41) is 12.0.